The van der Waals surface area contributed by atoms with Gasteiger partial charge in [0, 0.05) is 81.0 Å². The molecule has 4 N–H and O–H groups in total. The molecule has 10 nitrogen and oxygen atoms in total. The molecule has 8 aliphatic rings. The summed E-state index contributed by atoms with van der Waals surface area (Å²) in [6, 6.07) is 6.36. The molecule has 10 heteroatoms. The number of nitrogens with one attached hydrogen (secondary N) is 1. The molecular weight excluding hydrogens is 779 g/mol. The maximum atomic E-state index is 14.9. The minimum atomic E-state index is -0.910. The van der Waals surface area contributed by atoms with E-state index >= 15 is 0 Å². The first kappa shape index (κ1) is 44.2. The second-order valence-corrected chi connectivity index (χ2v) is 22.6. The predicted octanol–water partition coefficient (Wildman–Crippen LogP) is 6.92. The van der Waals surface area contributed by atoms with Gasteiger partial charge in [-0.2, -0.15) is 0 Å². The van der Waals surface area contributed by atoms with Crippen LogP contribution in [0, 0.1) is 52.3 Å². The number of hydrogen-bond donors (Lipinski definition) is 4. The number of aliphatic hydroxyl groups is 3. The largest absolute Gasteiger partial charge is 0.392 e. The van der Waals surface area contributed by atoms with Crippen LogP contribution in [-0.2, 0) is 31.1 Å². The minimum Gasteiger partial charge on any atom is -0.392 e. The molecule has 1 aromatic rings. The van der Waals surface area contributed by atoms with Gasteiger partial charge in [0.2, 0.25) is 0 Å². The van der Waals surface area contributed by atoms with Crippen LogP contribution in [0.15, 0.2) is 58.4 Å². The Labute approximate surface area is 369 Å². The quantitative estimate of drug-likeness (QED) is 0.165. The molecule has 0 amide bonds. The van der Waals surface area contributed by atoms with Crippen molar-refractivity contribution in [3.05, 3.63) is 70.1 Å². The number of aliphatic hydroxyl groups excluding tert-OH is 2. The van der Waals surface area contributed by atoms with E-state index in [4.69, 9.17) is 14.5 Å². The summed E-state index contributed by atoms with van der Waals surface area (Å²) in [7, 11) is 1.95. The second-order valence-electron chi connectivity index (χ2n) is 22.6. The lowest BCUT2D eigenvalue weighted by atomic mass is 9.34. The average molecular weight is 852 g/mol. The number of ketones is 2. The van der Waals surface area contributed by atoms with E-state index < -0.39 is 34.1 Å². The summed E-state index contributed by atoms with van der Waals surface area (Å²) in [5, 5.41) is 40.0. The highest BCUT2D eigenvalue weighted by atomic mass is 16.6. The number of carbonyl (C=O) groups is 2. The molecule has 2 saturated heterocycles. The molecule has 9 rings (SSSR count). The molecule has 4 aliphatic carbocycles. The number of carbonyl (C=O) groups excluding carboxylic acids is 2. The van der Waals surface area contributed by atoms with Gasteiger partial charge in [-0.15, -0.1) is 0 Å². The van der Waals surface area contributed by atoms with Crippen molar-refractivity contribution in [3.8, 4) is 0 Å². The van der Waals surface area contributed by atoms with Crippen molar-refractivity contribution in [3.63, 3.8) is 0 Å². The highest BCUT2D eigenvalue weighted by Crippen LogP contribution is 2.75. The van der Waals surface area contributed by atoms with Gasteiger partial charge in [-0.3, -0.25) is 14.6 Å². The van der Waals surface area contributed by atoms with Gasteiger partial charge in [0.25, 0.3) is 0 Å². The molecule has 5 fully saturated rings. The summed E-state index contributed by atoms with van der Waals surface area (Å²) < 4.78 is 11.5. The summed E-state index contributed by atoms with van der Waals surface area (Å²) in [6.07, 6.45) is 10.9. The van der Waals surface area contributed by atoms with Crippen LogP contribution >= 0.6 is 0 Å². The summed E-state index contributed by atoms with van der Waals surface area (Å²) in [5.74, 6) is -0.107. The lowest BCUT2D eigenvalue weighted by molar-refractivity contribution is -0.222. The van der Waals surface area contributed by atoms with Crippen LogP contribution < -0.4 is 5.32 Å². The number of aryl methyl sites for hydroxylation is 1. The number of ether oxygens (including phenoxy) is 2. The molecule has 12 unspecified atom stereocenters. The Bertz CT molecular complexity index is 2130. The molecule has 62 heavy (non-hydrogen) atoms. The normalized spacial score (nSPS) is 40.1. The Kier molecular flexibility index (Phi) is 10.9. The number of allylic oxidation sites excluding steroid dienone is 1. The van der Waals surface area contributed by atoms with E-state index in [0.29, 0.717) is 64.1 Å². The Hall–Kier alpha value is -2.99. The summed E-state index contributed by atoms with van der Waals surface area (Å²) >= 11 is 0. The van der Waals surface area contributed by atoms with Gasteiger partial charge in [-0.05, 0) is 129 Å². The van der Waals surface area contributed by atoms with Crippen molar-refractivity contribution in [2.45, 2.75) is 155 Å². The molecule has 4 aliphatic heterocycles. The van der Waals surface area contributed by atoms with Crippen LogP contribution in [0.25, 0.3) is 0 Å². The van der Waals surface area contributed by atoms with Crippen molar-refractivity contribution < 1.29 is 34.4 Å². The first-order valence-corrected chi connectivity index (χ1v) is 23.8. The van der Waals surface area contributed by atoms with Gasteiger partial charge in [0.15, 0.2) is 5.78 Å². The molecule has 338 valence electrons. The number of rotatable bonds is 12. The van der Waals surface area contributed by atoms with Gasteiger partial charge < -0.3 is 35.0 Å². The molecule has 4 heterocycles. The minimum absolute atomic E-state index is 0.0952. The van der Waals surface area contributed by atoms with Gasteiger partial charge in [-0.25, -0.2) is 0 Å². The van der Waals surface area contributed by atoms with Crippen molar-refractivity contribution in [1.82, 2.24) is 10.2 Å². The van der Waals surface area contributed by atoms with Crippen molar-refractivity contribution in [2.75, 3.05) is 33.4 Å². The zero-order valence-corrected chi connectivity index (χ0v) is 38.9. The fraction of sp³-hybridized carbons (Fsp3) is 0.712. The highest BCUT2D eigenvalue weighted by Gasteiger charge is 2.72. The maximum absolute atomic E-state index is 14.9. The predicted molar refractivity (Wildman–Crippen MR) is 240 cm³/mol. The van der Waals surface area contributed by atoms with Crippen LogP contribution in [0.5, 0.6) is 0 Å². The number of aliphatic imine (C=N–C) groups is 1. The molecule has 0 bridgehead atoms. The number of Topliss-reactive ketones (excluding diaryl/α,β-unsaturated/α-hetero) is 2. The lowest BCUT2D eigenvalue weighted by Gasteiger charge is -2.70. The third-order valence-corrected chi connectivity index (χ3v) is 18.5. The number of fused-ring (bicyclic) bond motifs is 6. The summed E-state index contributed by atoms with van der Waals surface area (Å²) in [4.78, 5) is 36.2. The third-order valence-electron chi connectivity index (χ3n) is 18.5. The second kappa shape index (κ2) is 15.3. The third kappa shape index (κ3) is 6.73. The smallest absolute Gasteiger partial charge is 0.160 e. The van der Waals surface area contributed by atoms with E-state index in [9.17, 15) is 24.9 Å². The van der Waals surface area contributed by atoms with Crippen molar-refractivity contribution >= 4 is 17.3 Å². The number of hydrogen-bond acceptors (Lipinski definition) is 10. The fourth-order valence-corrected chi connectivity index (χ4v) is 15.1. The monoisotopic (exact) mass is 852 g/mol. The Balaban J connectivity index is 1.11. The van der Waals surface area contributed by atoms with E-state index in [1.807, 2.05) is 27.1 Å². The Morgan fingerprint density at radius 2 is 1.76 bits per heavy atom. The first-order chi connectivity index (χ1) is 29.2. The fourth-order valence-electron chi connectivity index (χ4n) is 15.1. The Morgan fingerprint density at radius 3 is 2.45 bits per heavy atom. The van der Waals surface area contributed by atoms with Gasteiger partial charge in [-0.1, -0.05) is 58.4 Å². The van der Waals surface area contributed by atoms with E-state index in [-0.39, 0.29) is 52.6 Å². The van der Waals surface area contributed by atoms with Gasteiger partial charge >= 0.3 is 0 Å². The summed E-state index contributed by atoms with van der Waals surface area (Å²) in [6.45, 7) is 19.8. The molecule has 1 aromatic carbocycles. The molecule has 12 atom stereocenters. The summed E-state index contributed by atoms with van der Waals surface area (Å²) in [5.41, 5.74) is 4.16. The number of benzene rings is 1. The van der Waals surface area contributed by atoms with E-state index in [2.05, 4.69) is 82.2 Å². The molecule has 3 saturated carbocycles. The zero-order chi connectivity index (χ0) is 44.4. The van der Waals surface area contributed by atoms with Crippen LogP contribution in [-0.4, -0.2) is 101 Å². The molecule has 0 radical (unpaired) electrons. The van der Waals surface area contributed by atoms with Crippen LogP contribution in [0.3, 0.4) is 0 Å². The van der Waals surface area contributed by atoms with Crippen LogP contribution in [0.4, 0.5) is 0 Å². The highest BCUT2D eigenvalue weighted by molar-refractivity contribution is 6.09. The van der Waals surface area contributed by atoms with Gasteiger partial charge in [0.05, 0.1) is 35.2 Å². The Morgan fingerprint density at radius 1 is 1.03 bits per heavy atom. The SMILES string of the molecule is CNCCC1(C)C(=O)CCC2(C)C1CCC1(C)C2C(O)C(CN2C=C(Cc3cc(C)cc(C4(O)CCOCC4)c3)C3=NC=CC32)C2=C(C(C)CC(O)C3OC3(C)C)C(=O)CC21C. The first-order valence-electron chi connectivity index (χ1n) is 23.8. The number of nitrogens with zero attached hydrogens (tertiary/aromatic N) is 2. The van der Waals surface area contributed by atoms with Crippen LogP contribution in [0.1, 0.15) is 123 Å². The lowest BCUT2D eigenvalue weighted by Crippen LogP contribution is -2.68. The molecular formula is C52H73N3O7. The average Bonchev–Trinajstić information content (AvgIpc) is 3.48. The molecule has 0 aromatic heterocycles. The van der Waals surface area contributed by atoms with Gasteiger partial charge in [0.1, 0.15) is 11.9 Å². The maximum Gasteiger partial charge on any atom is 0.160 e. The molecule has 0 spiro atoms. The number of epoxide rings is 1. The topological polar surface area (TPSA) is 144 Å². The van der Waals surface area contributed by atoms with Crippen LogP contribution in [0.2, 0.25) is 0 Å². The standard InChI is InChI=1S/C52H73N3O7/c1-30-22-32(26-34(23-30)52(60)16-20-61-21-17-52)25-33-28-55(36-12-18-54-43(33)36)29-35-42-41(31(2)24-37(56)46-47(3,4)62-46)38(57)27-51(42,8)50(7)14-10-39-48(5,15-19-53-9)40(58)11-13-49(39,6)45(50)44(35)59/h12,18,22-23,26,28,31,35-37,39,44-46,53,56,59-60H,10-11,13-17,19-21,24-25,27,29H2,1-9H3. The van der Waals surface area contributed by atoms with Crippen molar-refractivity contribution in [1.29, 1.82) is 0 Å². The van der Waals surface area contributed by atoms with E-state index in [1.54, 1.807) is 0 Å². The van der Waals surface area contributed by atoms with Crippen molar-refractivity contribution in [2.24, 2.45) is 50.3 Å². The zero-order valence-electron chi connectivity index (χ0n) is 38.9. The van der Waals surface area contributed by atoms with E-state index in [0.717, 1.165) is 71.3 Å². The van der Waals surface area contributed by atoms with E-state index in [1.165, 1.54) is 0 Å².